The van der Waals surface area contributed by atoms with Crippen LogP contribution < -0.4 is 9.47 Å². The topological polar surface area (TPSA) is 57.2 Å². The molecule has 0 heterocycles. The minimum absolute atomic E-state index is 0.231. The van der Waals surface area contributed by atoms with Crippen LogP contribution in [0.3, 0.4) is 0 Å². The summed E-state index contributed by atoms with van der Waals surface area (Å²) in [5.74, 6) is 1.62. The lowest BCUT2D eigenvalue weighted by atomic mass is 10.2. The molecule has 0 radical (unpaired) electrons. The van der Waals surface area contributed by atoms with Gasteiger partial charge in [0.2, 0.25) is 0 Å². The molecule has 0 aliphatic heterocycles. The van der Waals surface area contributed by atoms with Crippen molar-refractivity contribution in [3.05, 3.63) is 59.7 Å². The number of hydrogen-bond donors (Lipinski definition) is 1. The number of aliphatic hydroxyl groups excluding tert-OH is 1. The van der Waals surface area contributed by atoms with E-state index in [0.29, 0.717) is 13.2 Å². The fraction of sp³-hybridized carbons (Fsp3) is 0.368. The lowest BCUT2D eigenvalue weighted by Gasteiger charge is -2.12. The van der Waals surface area contributed by atoms with Gasteiger partial charge in [0.15, 0.2) is 0 Å². The summed E-state index contributed by atoms with van der Waals surface area (Å²) in [6, 6.07) is 15.3. The van der Waals surface area contributed by atoms with Gasteiger partial charge in [0, 0.05) is 0 Å². The molecule has 0 unspecified atom stereocenters. The van der Waals surface area contributed by atoms with Crippen LogP contribution in [0.2, 0.25) is 0 Å². The Morgan fingerprint density at radius 3 is 1.42 bits per heavy atom. The maximum atomic E-state index is 9.88. The third-order valence-electron chi connectivity index (χ3n) is 3.48. The summed E-state index contributed by atoms with van der Waals surface area (Å²) in [7, 11) is 3.27. The Morgan fingerprint density at radius 2 is 1.08 bits per heavy atom. The van der Waals surface area contributed by atoms with Crippen LogP contribution in [0.15, 0.2) is 48.5 Å². The molecule has 2 aromatic carbocycles. The Hall–Kier alpha value is -2.08. The molecule has 0 aliphatic carbocycles. The lowest BCUT2D eigenvalue weighted by molar-refractivity contribution is -0.0276. The first kappa shape index (κ1) is 18.3. The third-order valence-corrected chi connectivity index (χ3v) is 3.48. The van der Waals surface area contributed by atoms with Crippen LogP contribution in [0.4, 0.5) is 0 Å². The van der Waals surface area contributed by atoms with Crippen LogP contribution >= 0.6 is 0 Å². The molecule has 24 heavy (non-hydrogen) atoms. The molecule has 0 aliphatic rings. The Balaban J connectivity index is 1.61. The minimum atomic E-state index is -0.651. The Morgan fingerprint density at radius 1 is 0.708 bits per heavy atom. The van der Waals surface area contributed by atoms with E-state index in [4.69, 9.17) is 18.9 Å². The molecule has 5 heteroatoms. The second kappa shape index (κ2) is 9.93. The highest BCUT2D eigenvalue weighted by Gasteiger charge is 2.05. The molecule has 2 rings (SSSR count). The summed E-state index contributed by atoms with van der Waals surface area (Å²) in [6.45, 7) is 1.35. The molecular weight excluding hydrogens is 308 g/mol. The monoisotopic (exact) mass is 332 g/mol. The second-order valence-corrected chi connectivity index (χ2v) is 5.38. The zero-order valence-corrected chi connectivity index (χ0v) is 14.1. The van der Waals surface area contributed by atoms with Crippen molar-refractivity contribution in [1.29, 1.82) is 0 Å². The normalized spacial score (nSPS) is 10.8. The molecule has 0 saturated heterocycles. The quantitative estimate of drug-likeness (QED) is 0.725. The first-order valence-corrected chi connectivity index (χ1v) is 7.80. The summed E-state index contributed by atoms with van der Waals surface area (Å²) in [6.07, 6.45) is -0.651. The fourth-order valence-electron chi connectivity index (χ4n) is 2.12. The highest BCUT2D eigenvalue weighted by Crippen LogP contribution is 2.13. The van der Waals surface area contributed by atoms with Crippen molar-refractivity contribution >= 4 is 0 Å². The van der Waals surface area contributed by atoms with Gasteiger partial charge in [-0.25, -0.2) is 0 Å². The summed E-state index contributed by atoms with van der Waals surface area (Å²) in [5.41, 5.74) is 2.06. The van der Waals surface area contributed by atoms with Gasteiger partial charge in [0.1, 0.15) is 17.6 Å². The lowest BCUT2D eigenvalue weighted by Crippen LogP contribution is -2.21. The molecule has 2 aromatic rings. The van der Waals surface area contributed by atoms with Crippen LogP contribution in [-0.4, -0.2) is 38.6 Å². The van der Waals surface area contributed by atoms with Gasteiger partial charge < -0.3 is 24.1 Å². The number of hydrogen-bond acceptors (Lipinski definition) is 5. The van der Waals surface area contributed by atoms with Crippen LogP contribution in [0.1, 0.15) is 11.1 Å². The van der Waals surface area contributed by atoms with Crippen molar-refractivity contribution in [1.82, 2.24) is 0 Å². The highest BCUT2D eigenvalue weighted by atomic mass is 16.5. The molecular formula is C19H24O5. The van der Waals surface area contributed by atoms with Gasteiger partial charge in [0.05, 0.1) is 40.6 Å². The molecule has 5 nitrogen and oxygen atoms in total. The Bertz CT molecular complexity index is 526. The van der Waals surface area contributed by atoms with Gasteiger partial charge in [-0.3, -0.25) is 0 Å². The van der Waals surface area contributed by atoms with Crippen molar-refractivity contribution in [2.24, 2.45) is 0 Å². The number of ether oxygens (including phenoxy) is 4. The second-order valence-electron chi connectivity index (χ2n) is 5.38. The molecule has 0 saturated carbocycles. The number of benzene rings is 2. The third kappa shape index (κ3) is 6.20. The van der Waals surface area contributed by atoms with Crippen LogP contribution in [0.25, 0.3) is 0 Å². The van der Waals surface area contributed by atoms with E-state index in [1.165, 1.54) is 0 Å². The van der Waals surface area contributed by atoms with Crippen molar-refractivity contribution in [3.63, 3.8) is 0 Å². The molecule has 0 fully saturated rings. The minimum Gasteiger partial charge on any atom is -0.497 e. The zero-order chi connectivity index (χ0) is 17.2. The average Bonchev–Trinajstić information content (AvgIpc) is 2.63. The average molecular weight is 332 g/mol. The fourth-order valence-corrected chi connectivity index (χ4v) is 2.12. The van der Waals surface area contributed by atoms with Crippen molar-refractivity contribution in [2.75, 3.05) is 27.4 Å². The number of aliphatic hydroxyl groups is 1. The van der Waals surface area contributed by atoms with Gasteiger partial charge in [-0.1, -0.05) is 24.3 Å². The molecule has 0 spiro atoms. The van der Waals surface area contributed by atoms with E-state index >= 15 is 0 Å². The van der Waals surface area contributed by atoms with E-state index in [1.54, 1.807) is 14.2 Å². The summed E-state index contributed by atoms with van der Waals surface area (Å²) in [4.78, 5) is 0. The van der Waals surface area contributed by atoms with E-state index in [0.717, 1.165) is 22.6 Å². The van der Waals surface area contributed by atoms with E-state index in [2.05, 4.69) is 0 Å². The molecule has 0 aromatic heterocycles. The molecule has 1 N–H and O–H groups in total. The maximum Gasteiger partial charge on any atom is 0.118 e. The number of methoxy groups -OCH3 is 2. The van der Waals surface area contributed by atoms with E-state index in [1.807, 2.05) is 48.5 Å². The van der Waals surface area contributed by atoms with Gasteiger partial charge >= 0.3 is 0 Å². The van der Waals surface area contributed by atoms with Crippen LogP contribution in [0, 0.1) is 0 Å². The molecule has 0 bridgehead atoms. The van der Waals surface area contributed by atoms with Crippen LogP contribution in [0.5, 0.6) is 11.5 Å². The van der Waals surface area contributed by atoms with E-state index in [9.17, 15) is 5.11 Å². The molecule has 0 atom stereocenters. The van der Waals surface area contributed by atoms with Crippen molar-refractivity contribution < 1.29 is 24.1 Å². The summed E-state index contributed by atoms with van der Waals surface area (Å²) < 4.78 is 21.2. The smallest absolute Gasteiger partial charge is 0.118 e. The zero-order valence-electron chi connectivity index (χ0n) is 14.1. The molecule has 130 valence electrons. The first-order chi connectivity index (χ1) is 11.7. The van der Waals surface area contributed by atoms with Gasteiger partial charge in [0.25, 0.3) is 0 Å². The Labute approximate surface area is 142 Å². The van der Waals surface area contributed by atoms with Crippen molar-refractivity contribution in [2.45, 2.75) is 19.3 Å². The standard InChI is InChI=1S/C19H24O5/c1-21-18-7-3-15(4-8-18)11-23-13-17(20)14-24-12-16-5-9-19(22-2)10-6-16/h3-10,17,20H,11-14H2,1-2H3. The van der Waals surface area contributed by atoms with E-state index < -0.39 is 6.10 Å². The number of rotatable bonds is 10. The summed E-state index contributed by atoms with van der Waals surface area (Å²) >= 11 is 0. The van der Waals surface area contributed by atoms with Gasteiger partial charge in [-0.15, -0.1) is 0 Å². The largest absolute Gasteiger partial charge is 0.497 e. The van der Waals surface area contributed by atoms with Gasteiger partial charge in [-0.05, 0) is 35.4 Å². The van der Waals surface area contributed by atoms with Crippen molar-refractivity contribution in [3.8, 4) is 11.5 Å². The predicted molar refractivity (Wildman–Crippen MR) is 91.3 cm³/mol. The Kier molecular flexibility index (Phi) is 7.55. The van der Waals surface area contributed by atoms with E-state index in [-0.39, 0.29) is 13.2 Å². The predicted octanol–water partition coefficient (Wildman–Crippen LogP) is 2.80. The SMILES string of the molecule is COc1ccc(COCC(O)COCc2ccc(OC)cc2)cc1. The maximum absolute atomic E-state index is 9.88. The van der Waals surface area contributed by atoms with Gasteiger partial charge in [-0.2, -0.15) is 0 Å². The summed E-state index contributed by atoms with van der Waals surface area (Å²) in [5, 5.41) is 9.88. The first-order valence-electron chi connectivity index (χ1n) is 7.80. The van der Waals surface area contributed by atoms with Crippen LogP contribution in [-0.2, 0) is 22.7 Å². The highest BCUT2D eigenvalue weighted by molar-refractivity contribution is 5.27. The molecule has 0 amide bonds.